The van der Waals surface area contributed by atoms with Crippen molar-refractivity contribution in [2.75, 3.05) is 0 Å². The van der Waals surface area contributed by atoms with Crippen LogP contribution in [0.2, 0.25) is 0 Å². The standard InChI is InChI=1S/C10H5BrFN3/c11-9-8(5-13)14-10(15-9)6-3-1-2-4-7(6)12/h1-4H,(H,14,15). The first-order chi connectivity index (χ1) is 7.22. The molecule has 0 amide bonds. The lowest BCUT2D eigenvalue weighted by Gasteiger charge is -1.96. The van der Waals surface area contributed by atoms with Crippen LogP contribution in [0.5, 0.6) is 0 Å². The van der Waals surface area contributed by atoms with Gasteiger partial charge in [-0.05, 0) is 28.1 Å². The Balaban J connectivity index is 2.56. The fourth-order valence-electron chi connectivity index (χ4n) is 1.21. The molecule has 3 nitrogen and oxygen atoms in total. The summed E-state index contributed by atoms with van der Waals surface area (Å²) in [6.45, 7) is 0. The lowest BCUT2D eigenvalue weighted by atomic mass is 10.2. The summed E-state index contributed by atoms with van der Waals surface area (Å²) >= 11 is 3.14. The average molecular weight is 266 g/mol. The van der Waals surface area contributed by atoms with Crippen LogP contribution in [0.1, 0.15) is 5.69 Å². The number of halogens is 2. The molecule has 0 fully saturated rings. The average Bonchev–Trinajstić information content (AvgIpc) is 2.60. The number of H-pyrrole nitrogens is 1. The Morgan fingerprint density at radius 3 is 2.73 bits per heavy atom. The van der Waals surface area contributed by atoms with Crippen molar-refractivity contribution in [2.24, 2.45) is 0 Å². The van der Waals surface area contributed by atoms with Gasteiger partial charge in [0.2, 0.25) is 0 Å². The van der Waals surface area contributed by atoms with Crippen molar-refractivity contribution >= 4 is 15.9 Å². The molecule has 0 unspecified atom stereocenters. The lowest BCUT2D eigenvalue weighted by Crippen LogP contribution is -1.85. The van der Waals surface area contributed by atoms with E-state index in [9.17, 15) is 4.39 Å². The van der Waals surface area contributed by atoms with Gasteiger partial charge in [-0.3, -0.25) is 0 Å². The topological polar surface area (TPSA) is 52.5 Å². The number of aromatic amines is 1. The molecule has 0 atom stereocenters. The van der Waals surface area contributed by atoms with Crippen LogP contribution in [0.25, 0.3) is 11.4 Å². The monoisotopic (exact) mass is 265 g/mol. The van der Waals surface area contributed by atoms with Crippen LogP contribution in [-0.4, -0.2) is 9.97 Å². The highest BCUT2D eigenvalue weighted by atomic mass is 79.9. The highest BCUT2D eigenvalue weighted by Crippen LogP contribution is 2.23. The Morgan fingerprint density at radius 1 is 1.40 bits per heavy atom. The molecule has 0 saturated carbocycles. The summed E-state index contributed by atoms with van der Waals surface area (Å²) in [6.07, 6.45) is 0. The van der Waals surface area contributed by atoms with Crippen molar-refractivity contribution in [3.63, 3.8) is 0 Å². The summed E-state index contributed by atoms with van der Waals surface area (Å²) in [5.41, 5.74) is 0.563. The molecule has 2 aromatic rings. The van der Waals surface area contributed by atoms with Crippen molar-refractivity contribution in [1.29, 1.82) is 5.26 Å². The van der Waals surface area contributed by atoms with E-state index in [0.717, 1.165) is 0 Å². The highest BCUT2D eigenvalue weighted by molar-refractivity contribution is 9.10. The molecule has 1 aromatic carbocycles. The second kappa shape index (κ2) is 3.83. The minimum Gasteiger partial charge on any atom is -0.331 e. The van der Waals surface area contributed by atoms with E-state index >= 15 is 0 Å². The molecule has 5 heteroatoms. The molecule has 0 bridgehead atoms. The second-order valence-corrected chi connectivity index (χ2v) is 3.63. The molecule has 74 valence electrons. The number of benzene rings is 1. The van der Waals surface area contributed by atoms with E-state index in [0.29, 0.717) is 16.0 Å². The molecule has 1 aromatic heterocycles. The second-order valence-electron chi connectivity index (χ2n) is 2.84. The van der Waals surface area contributed by atoms with E-state index in [1.807, 2.05) is 6.07 Å². The van der Waals surface area contributed by atoms with E-state index < -0.39 is 0 Å². The fraction of sp³-hybridized carbons (Fsp3) is 0. The summed E-state index contributed by atoms with van der Waals surface area (Å²) in [6, 6.07) is 8.15. The Labute approximate surface area is 93.7 Å². The maximum absolute atomic E-state index is 13.4. The normalized spacial score (nSPS) is 9.93. The number of aromatic nitrogens is 2. The van der Waals surface area contributed by atoms with Crippen LogP contribution >= 0.6 is 15.9 Å². The molecule has 1 heterocycles. The third-order valence-electron chi connectivity index (χ3n) is 1.89. The van der Waals surface area contributed by atoms with Crippen molar-refractivity contribution in [3.05, 3.63) is 40.4 Å². The van der Waals surface area contributed by atoms with Gasteiger partial charge < -0.3 is 4.98 Å². The molecular weight excluding hydrogens is 261 g/mol. The maximum Gasteiger partial charge on any atom is 0.173 e. The van der Waals surface area contributed by atoms with Gasteiger partial charge in [-0.1, -0.05) is 12.1 Å². The molecule has 1 N–H and O–H groups in total. The zero-order valence-corrected chi connectivity index (χ0v) is 9.05. The summed E-state index contributed by atoms with van der Waals surface area (Å²) < 4.78 is 13.8. The van der Waals surface area contributed by atoms with Gasteiger partial charge in [0.05, 0.1) is 5.56 Å². The van der Waals surface area contributed by atoms with E-state index in [-0.39, 0.29) is 11.5 Å². The van der Waals surface area contributed by atoms with Crippen LogP contribution < -0.4 is 0 Å². The minimum absolute atomic E-state index is 0.216. The van der Waals surface area contributed by atoms with Crippen molar-refractivity contribution in [2.45, 2.75) is 0 Å². The van der Waals surface area contributed by atoms with E-state index in [2.05, 4.69) is 25.9 Å². The first-order valence-electron chi connectivity index (χ1n) is 4.13. The van der Waals surface area contributed by atoms with Gasteiger partial charge >= 0.3 is 0 Å². The van der Waals surface area contributed by atoms with Gasteiger partial charge in [-0.2, -0.15) is 5.26 Å². The molecule has 0 aliphatic rings. The number of imidazole rings is 1. The third-order valence-corrected chi connectivity index (χ3v) is 2.47. The Morgan fingerprint density at radius 2 is 2.13 bits per heavy atom. The summed E-state index contributed by atoms with van der Waals surface area (Å²) in [5.74, 6) is -0.0280. The number of nitrogens with one attached hydrogen (secondary N) is 1. The summed E-state index contributed by atoms with van der Waals surface area (Å²) in [4.78, 5) is 6.75. The van der Waals surface area contributed by atoms with Crippen LogP contribution in [0.15, 0.2) is 28.9 Å². The molecule has 0 saturated heterocycles. The smallest absolute Gasteiger partial charge is 0.173 e. The fourth-order valence-corrected chi connectivity index (χ4v) is 1.57. The van der Waals surface area contributed by atoms with Crippen LogP contribution in [0.3, 0.4) is 0 Å². The van der Waals surface area contributed by atoms with Crippen LogP contribution in [0, 0.1) is 17.1 Å². The van der Waals surface area contributed by atoms with E-state index in [1.54, 1.807) is 18.2 Å². The quantitative estimate of drug-likeness (QED) is 0.862. The van der Waals surface area contributed by atoms with Gasteiger partial charge in [0, 0.05) is 0 Å². The van der Waals surface area contributed by atoms with Crippen molar-refractivity contribution < 1.29 is 4.39 Å². The molecule has 2 rings (SSSR count). The number of nitrogens with zero attached hydrogens (tertiary/aromatic N) is 2. The van der Waals surface area contributed by atoms with Crippen molar-refractivity contribution in [1.82, 2.24) is 9.97 Å². The van der Waals surface area contributed by atoms with E-state index in [1.165, 1.54) is 6.07 Å². The summed E-state index contributed by atoms with van der Waals surface area (Å²) in [7, 11) is 0. The highest BCUT2D eigenvalue weighted by Gasteiger charge is 2.11. The van der Waals surface area contributed by atoms with Gasteiger partial charge in [-0.25, -0.2) is 9.37 Å². The van der Waals surface area contributed by atoms with Gasteiger partial charge in [0.25, 0.3) is 0 Å². The Hall–Kier alpha value is -1.67. The molecule has 0 aliphatic heterocycles. The maximum atomic E-state index is 13.4. The lowest BCUT2D eigenvalue weighted by molar-refractivity contribution is 0.630. The number of hydrogen-bond donors (Lipinski definition) is 1. The number of rotatable bonds is 1. The third kappa shape index (κ3) is 1.76. The molecule has 0 aliphatic carbocycles. The SMILES string of the molecule is N#Cc1nc(-c2ccccc2F)[nH]c1Br. The first kappa shape index (κ1) is 9.87. The van der Waals surface area contributed by atoms with Crippen LogP contribution in [-0.2, 0) is 0 Å². The zero-order valence-electron chi connectivity index (χ0n) is 7.46. The minimum atomic E-state index is -0.372. The van der Waals surface area contributed by atoms with Gasteiger partial charge in [0.15, 0.2) is 5.69 Å². The summed E-state index contributed by atoms with van der Waals surface area (Å²) in [5, 5.41) is 8.69. The Bertz CT molecular complexity index is 542. The number of hydrogen-bond acceptors (Lipinski definition) is 2. The molecular formula is C10H5BrFN3. The predicted octanol–water partition coefficient (Wildman–Crippen LogP) is 2.85. The molecule has 15 heavy (non-hydrogen) atoms. The predicted molar refractivity (Wildman–Crippen MR) is 56.4 cm³/mol. The zero-order chi connectivity index (χ0) is 10.8. The molecule has 0 radical (unpaired) electrons. The first-order valence-corrected chi connectivity index (χ1v) is 4.92. The van der Waals surface area contributed by atoms with Gasteiger partial charge in [0.1, 0.15) is 22.3 Å². The molecule has 0 spiro atoms. The van der Waals surface area contributed by atoms with E-state index in [4.69, 9.17) is 5.26 Å². The largest absolute Gasteiger partial charge is 0.331 e. The van der Waals surface area contributed by atoms with Gasteiger partial charge in [-0.15, -0.1) is 0 Å². The Kier molecular flexibility index (Phi) is 2.52. The van der Waals surface area contributed by atoms with Crippen LogP contribution in [0.4, 0.5) is 4.39 Å². The number of nitriles is 1. The van der Waals surface area contributed by atoms with Crippen molar-refractivity contribution in [3.8, 4) is 17.5 Å².